The average molecular weight is 252 g/mol. The molecule has 0 fully saturated rings. The topological polar surface area (TPSA) is 55.1 Å². The molecule has 1 aliphatic carbocycles. The van der Waals surface area contributed by atoms with Crippen LogP contribution in [0, 0.1) is 5.41 Å². The Hall–Kier alpha value is -0.870. The molecule has 1 aromatic heterocycles. The lowest BCUT2D eigenvalue weighted by Crippen LogP contribution is -2.41. The fourth-order valence-electron chi connectivity index (χ4n) is 1.98. The number of carbonyl (C=O) groups excluding carboxylic acids is 1. The molecule has 2 rings (SSSR count). The number of nitrogens with one attached hydrogen (secondary N) is 1. The first-order valence-electron chi connectivity index (χ1n) is 6.12. The summed E-state index contributed by atoms with van der Waals surface area (Å²) in [5.74, 6) is 0.0357. The lowest BCUT2D eigenvalue weighted by molar-refractivity contribution is -0.129. The molecule has 0 unspecified atom stereocenters. The summed E-state index contributed by atoms with van der Waals surface area (Å²) in [4.78, 5) is 14.6. The van der Waals surface area contributed by atoms with Gasteiger partial charge in [0.05, 0.1) is 12.0 Å². The summed E-state index contributed by atoms with van der Waals surface area (Å²) in [5, 5.41) is 2.97. The van der Waals surface area contributed by atoms with Crippen molar-refractivity contribution in [2.75, 3.05) is 6.54 Å². The van der Waals surface area contributed by atoms with Crippen molar-refractivity contribution in [3.05, 3.63) is 21.4 Å². The van der Waals surface area contributed by atoms with E-state index in [4.69, 9.17) is 5.73 Å². The number of carbonyl (C=O) groups is 1. The van der Waals surface area contributed by atoms with Gasteiger partial charge in [0.15, 0.2) is 0 Å². The van der Waals surface area contributed by atoms with E-state index in [2.05, 4.69) is 11.4 Å². The summed E-state index contributed by atoms with van der Waals surface area (Å²) in [6.45, 7) is 4.76. The van der Waals surface area contributed by atoms with Crippen LogP contribution in [-0.4, -0.2) is 12.5 Å². The van der Waals surface area contributed by atoms with Gasteiger partial charge in [0.1, 0.15) is 0 Å². The van der Waals surface area contributed by atoms with Crippen LogP contribution in [0.4, 0.5) is 0 Å². The number of amides is 1. The molecule has 0 saturated carbocycles. The molecule has 1 aliphatic rings. The highest BCUT2D eigenvalue weighted by atomic mass is 32.1. The third-order valence-electron chi connectivity index (χ3n) is 3.35. The molecule has 1 amide bonds. The van der Waals surface area contributed by atoms with Crippen molar-refractivity contribution in [1.82, 2.24) is 5.32 Å². The van der Waals surface area contributed by atoms with Crippen molar-refractivity contribution in [2.24, 2.45) is 11.1 Å². The van der Waals surface area contributed by atoms with Crippen LogP contribution >= 0.6 is 11.3 Å². The van der Waals surface area contributed by atoms with Crippen LogP contribution in [0.3, 0.4) is 0 Å². The fraction of sp³-hybridized carbons (Fsp3) is 0.615. The fourth-order valence-corrected chi connectivity index (χ4v) is 3.18. The zero-order chi connectivity index (χ0) is 12.5. The summed E-state index contributed by atoms with van der Waals surface area (Å²) in [6, 6.07) is 2.24. The van der Waals surface area contributed by atoms with E-state index in [-0.39, 0.29) is 5.91 Å². The summed E-state index contributed by atoms with van der Waals surface area (Å²) >= 11 is 1.84. The molecule has 0 spiro atoms. The van der Waals surface area contributed by atoms with E-state index in [0.29, 0.717) is 13.1 Å². The van der Waals surface area contributed by atoms with Crippen molar-refractivity contribution in [1.29, 1.82) is 0 Å². The van der Waals surface area contributed by atoms with Crippen LogP contribution in [-0.2, 0) is 24.2 Å². The molecular formula is C13H20N2OS. The number of fused-ring (bicyclic) bond motifs is 1. The summed E-state index contributed by atoms with van der Waals surface area (Å²) < 4.78 is 0. The first-order valence-corrected chi connectivity index (χ1v) is 6.93. The van der Waals surface area contributed by atoms with Gasteiger partial charge in [0.25, 0.3) is 0 Å². The van der Waals surface area contributed by atoms with E-state index in [9.17, 15) is 4.79 Å². The maximum absolute atomic E-state index is 11.9. The maximum atomic E-state index is 11.9. The Labute approximate surface area is 106 Å². The van der Waals surface area contributed by atoms with Gasteiger partial charge in [-0.1, -0.05) is 0 Å². The Balaban J connectivity index is 1.92. The summed E-state index contributed by atoms with van der Waals surface area (Å²) in [5.41, 5.74) is 6.59. The number of aryl methyl sites for hydroxylation is 2. The van der Waals surface area contributed by atoms with Gasteiger partial charge in [-0.05, 0) is 44.7 Å². The van der Waals surface area contributed by atoms with Crippen molar-refractivity contribution in [3.63, 3.8) is 0 Å². The van der Waals surface area contributed by atoms with Crippen molar-refractivity contribution < 1.29 is 4.79 Å². The Bertz CT molecular complexity index is 402. The number of hydrogen-bond donors (Lipinski definition) is 2. The molecule has 3 nitrogen and oxygen atoms in total. The normalized spacial score (nSPS) is 14.8. The van der Waals surface area contributed by atoms with Gasteiger partial charge in [-0.25, -0.2) is 0 Å². The molecule has 4 heteroatoms. The SMILES string of the molecule is CC(C)(CN)C(=O)NCc1cc2c(s1)CCC2. The van der Waals surface area contributed by atoms with E-state index >= 15 is 0 Å². The van der Waals surface area contributed by atoms with Gasteiger partial charge in [0, 0.05) is 16.3 Å². The van der Waals surface area contributed by atoms with Crippen LogP contribution in [0.5, 0.6) is 0 Å². The van der Waals surface area contributed by atoms with Crippen LogP contribution in [0.1, 0.15) is 35.6 Å². The van der Waals surface area contributed by atoms with Gasteiger partial charge in [-0.2, -0.15) is 0 Å². The quantitative estimate of drug-likeness (QED) is 0.859. The van der Waals surface area contributed by atoms with Crippen molar-refractivity contribution in [2.45, 2.75) is 39.7 Å². The molecule has 0 bridgehead atoms. The molecule has 0 aliphatic heterocycles. The Morgan fingerprint density at radius 3 is 2.94 bits per heavy atom. The zero-order valence-corrected chi connectivity index (χ0v) is 11.3. The minimum Gasteiger partial charge on any atom is -0.351 e. The van der Waals surface area contributed by atoms with Gasteiger partial charge < -0.3 is 11.1 Å². The summed E-state index contributed by atoms with van der Waals surface area (Å²) in [7, 11) is 0. The van der Waals surface area contributed by atoms with Crippen molar-refractivity contribution in [3.8, 4) is 0 Å². The number of rotatable bonds is 4. The minimum atomic E-state index is -0.472. The number of hydrogen-bond acceptors (Lipinski definition) is 3. The van der Waals surface area contributed by atoms with Crippen LogP contribution in [0.2, 0.25) is 0 Å². The van der Waals surface area contributed by atoms with E-state index < -0.39 is 5.41 Å². The second kappa shape index (κ2) is 4.78. The largest absolute Gasteiger partial charge is 0.351 e. The smallest absolute Gasteiger partial charge is 0.227 e. The molecule has 0 radical (unpaired) electrons. The van der Waals surface area contributed by atoms with Gasteiger partial charge >= 0.3 is 0 Å². The monoisotopic (exact) mass is 252 g/mol. The highest BCUT2D eigenvalue weighted by Crippen LogP contribution is 2.30. The standard InChI is InChI=1S/C13H20N2OS/c1-13(2,8-14)12(16)15-7-10-6-9-4-3-5-11(9)17-10/h6H,3-5,7-8,14H2,1-2H3,(H,15,16). The molecule has 0 atom stereocenters. The van der Waals surface area contributed by atoms with E-state index in [1.807, 2.05) is 25.2 Å². The van der Waals surface area contributed by atoms with E-state index in [0.717, 1.165) is 0 Å². The number of nitrogens with two attached hydrogens (primary N) is 1. The Morgan fingerprint density at radius 1 is 1.53 bits per heavy atom. The third kappa shape index (κ3) is 2.69. The lowest BCUT2D eigenvalue weighted by atomic mass is 9.93. The Kier molecular flexibility index (Phi) is 3.54. The van der Waals surface area contributed by atoms with Crippen LogP contribution < -0.4 is 11.1 Å². The predicted octanol–water partition coefficient (Wildman–Crippen LogP) is 1.84. The average Bonchev–Trinajstić information content (AvgIpc) is 2.85. The van der Waals surface area contributed by atoms with Gasteiger partial charge in [-0.3, -0.25) is 4.79 Å². The highest BCUT2D eigenvalue weighted by molar-refractivity contribution is 7.12. The second-order valence-corrected chi connectivity index (χ2v) is 6.51. The van der Waals surface area contributed by atoms with Crippen LogP contribution in [0.15, 0.2) is 6.07 Å². The summed E-state index contributed by atoms with van der Waals surface area (Å²) in [6.07, 6.45) is 3.70. The number of thiophene rings is 1. The minimum absolute atomic E-state index is 0.0357. The lowest BCUT2D eigenvalue weighted by Gasteiger charge is -2.20. The third-order valence-corrected chi connectivity index (χ3v) is 4.58. The predicted molar refractivity (Wildman–Crippen MR) is 71.0 cm³/mol. The molecule has 0 saturated heterocycles. The first-order chi connectivity index (χ1) is 8.03. The highest BCUT2D eigenvalue weighted by Gasteiger charge is 2.25. The molecule has 3 N–H and O–H groups in total. The molecule has 1 heterocycles. The second-order valence-electron chi connectivity index (χ2n) is 5.29. The first kappa shape index (κ1) is 12.6. The van der Waals surface area contributed by atoms with Crippen molar-refractivity contribution >= 4 is 17.2 Å². The van der Waals surface area contributed by atoms with Gasteiger partial charge in [0.2, 0.25) is 5.91 Å². The Morgan fingerprint density at radius 2 is 2.29 bits per heavy atom. The van der Waals surface area contributed by atoms with E-state index in [1.54, 1.807) is 0 Å². The molecule has 0 aromatic carbocycles. The zero-order valence-electron chi connectivity index (χ0n) is 10.5. The molecular weight excluding hydrogens is 232 g/mol. The maximum Gasteiger partial charge on any atom is 0.227 e. The van der Waals surface area contributed by atoms with E-state index in [1.165, 1.54) is 34.6 Å². The molecule has 94 valence electrons. The molecule has 17 heavy (non-hydrogen) atoms. The van der Waals surface area contributed by atoms with Gasteiger partial charge in [-0.15, -0.1) is 11.3 Å². The molecule has 1 aromatic rings. The van der Waals surface area contributed by atoms with Crippen LogP contribution in [0.25, 0.3) is 0 Å².